The molecule has 0 aliphatic heterocycles. The van der Waals surface area contributed by atoms with Gasteiger partial charge in [-0.15, -0.1) is 0 Å². The van der Waals surface area contributed by atoms with Crippen molar-refractivity contribution in [2.24, 2.45) is 5.73 Å². The van der Waals surface area contributed by atoms with E-state index in [-0.39, 0.29) is 5.82 Å². The quantitative estimate of drug-likeness (QED) is 0.741. The minimum atomic E-state index is -0.562. The molecular formula is C14H14FN3O. The maximum Gasteiger partial charge on any atom is 0.248 e. The predicted octanol–water partition coefficient (Wildman–Crippen LogP) is 2.56. The van der Waals surface area contributed by atoms with Crippen LogP contribution < -0.4 is 16.8 Å². The molecule has 2 rings (SSSR count). The molecule has 98 valence electrons. The van der Waals surface area contributed by atoms with Gasteiger partial charge in [-0.25, -0.2) is 4.39 Å². The Balaban J connectivity index is 2.43. The van der Waals surface area contributed by atoms with Crippen LogP contribution in [0.2, 0.25) is 0 Å². The first kappa shape index (κ1) is 12.9. The van der Waals surface area contributed by atoms with Crippen molar-refractivity contribution in [2.45, 2.75) is 6.92 Å². The standard InChI is InChI=1S/C14H14FN3O/c1-8-3-2-4-10(15)13(8)18-12-7-9(14(17)19)5-6-11(12)16/h2-7,18H,16H2,1H3,(H2,17,19). The molecule has 0 saturated heterocycles. The van der Waals surface area contributed by atoms with Crippen LogP contribution in [0.25, 0.3) is 0 Å². The summed E-state index contributed by atoms with van der Waals surface area (Å²) in [6, 6.07) is 9.33. The van der Waals surface area contributed by atoms with Crippen molar-refractivity contribution in [1.82, 2.24) is 0 Å². The lowest BCUT2D eigenvalue weighted by molar-refractivity contribution is 0.100. The highest BCUT2D eigenvalue weighted by Crippen LogP contribution is 2.28. The van der Waals surface area contributed by atoms with Gasteiger partial charge in [0.2, 0.25) is 5.91 Å². The lowest BCUT2D eigenvalue weighted by Gasteiger charge is -2.13. The predicted molar refractivity (Wildman–Crippen MR) is 73.8 cm³/mol. The van der Waals surface area contributed by atoms with Gasteiger partial charge in [-0.1, -0.05) is 12.1 Å². The van der Waals surface area contributed by atoms with Gasteiger partial charge in [0.25, 0.3) is 0 Å². The molecule has 0 aliphatic rings. The fraction of sp³-hybridized carbons (Fsp3) is 0.0714. The lowest BCUT2D eigenvalue weighted by Crippen LogP contribution is -2.11. The van der Waals surface area contributed by atoms with Crippen LogP contribution in [0.1, 0.15) is 15.9 Å². The molecule has 0 heterocycles. The molecule has 5 heteroatoms. The molecule has 0 radical (unpaired) electrons. The van der Waals surface area contributed by atoms with Gasteiger partial charge in [-0.05, 0) is 36.8 Å². The maximum absolute atomic E-state index is 13.7. The number of nitrogen functional groups attached to an aromatic ring is 1. The zero-order valence-electron chi connectivity index (χ0n) is 10.4. The Morgan fingerprint density at radius 2 is 2.00 bits per heavy atom. The Morgan fingerprint density at radius 3 is 2.63 bits per heavy atom. The van der Waals surface area contributed by atoms with Gasteiger partial charge >= 0.3 is 0 Å². The summed E-state index contributed by atoms with van der Waals surface area (Å²) in [7, 11) is 0. The van der Waals surface area contributed by atoms with Gasteiger partial charge in [-0.2, -0.15) is 0 Å². The van der Waals surface area contributed by atoms with E-state index in [0.717, 1.165) is 5.56 Å². The molecule has 19 heavy (non-hydrogen) atoms. The highest BCUT2D eigenvalue weighted by molar-refractivity contribution is 5.95. The number of nitrogens with one attached hydrogen (secondary N) is 1. The number of rotatable bonds is 3. The van der Waals surface area contributed by atoms with Crippen LogP contribution in [0, 0.1) is 12.7 Å². The minimum absolute atomic E-state index is 0.311. The Kier molecular flexibility index (Phi) is 3.37. The fourth-order valence-electron chi connectivity index (χ4n) is 1.74. The second-order valence-corrected chi connectivity index (χ2v) is 4.22. The molecule has 2 aromatic carbocycles. The summed E-state index contributed by atoms with van der Waals surface area (Å²) < 4.78 is 13.7. The maximum atomic E-state index is 13.7. The van der Waals surface area contributed by atoms with E-state index in [4.69, 9.17) is 11.5 Å². The van der Waals surface area contributed by atoms with Crippen LogP contribution >= 0.6 is 0 Å². The van der Waals surface area contributed by atoms with E-state index in [1.807, 2.05) is 0 Å². The number of amides is 1. The Bertz CT molecular complexity index is 620. The summed E-state index contributed by atoms with van der Waals surface area (Å²) in [6.45, 7) is 1.78. The van der Waals surface area contributed by atoms with Gasteiger partial charge in [0.15, 0.2) is 0 Å². The zero-order valence-corrected chi connectivity index (χ0v) is 10.4. The first-order valence-corrected chi connectivity index (χ1v) is 5.70. The largest absolute Gasteiger partial charge is 0.397 e. The molecule has 0 spiro atoms. The van der Waals surface area contributed by atoms with Gasteiger partial charge < -0.3 is 16.8 Å². The molecule has 5 N–H and O–H groups in total. The van der Waals surface area contributed by atoms with Crippen LogP contribution in [0.3, 0.4) is 0 Å². The van der Waals surface area contributed by atoms with Crippen molar-refractivity contribution >= 4 is 23.0 Å². The Morgan fingerprint density at radius 1 is 1.26 bits per heavy atom. The molecule has 0 unspecified atom stereocenters. The SMILES string of the molecule is Cc1cccc(F)c1Nc1cc(C(N)=O)ccc1N. The molecular weight excluding hydrogens is 245 g/mol. The van der Waals surface area contributed by atoms with E-state index in [0.29, 0.717) is 22.6 Å². The van der Waals surface area contributed by atoms with Crippen molar-refractivity contribution in [2.75, 3.05) is 11.1 Å². The number of primary amides is 1. The van der Waals surface area contributed by atoms with Crippen LogP contribution in [0.15, 0.2) is 36.4 Å². The number of hydrogen-bond acceptors (Lipinski definition) is 3. The van der Waals surface area contributed by atoms with E-state index in [2.05, 4.69) is 5.32 Å². The Labute approximate surface area is 110 Å². The molecule has 0 saturated carbocycles. The molecule has 0 fully saturated rings. The zero-order chi connectivity index (χ0) is 14.0. The number of anilines is 3. The van der Waals surface area contributed by atoms with E-state index in [9.17, 15) is 9.18 Å². The summed E-state index contributed by atoms with van der Waals surface area (Å²) >= 11 is 0. The average Bonchev–Trinajstić information content (AvgIpc) is 2.35. The molecule has 2 aromatic rings. The van der Waals surface area contributed by atoms with Crippen molar-refractivity contribution in [3.05, 3.63) is 53.3 Å². The molecule has 0 atom stereocenters. The van der Waals surface area contributed by atoms with Gasteiger partial charge in [0.1, 0.15) is 5.82 Å². The first-order valence-electron chi connectivity index (χ1n) is 5.70. The number of hydrogen-bond donors (Lipinski definition) is 3. The highest BCUT2D eigenvalue weighted by Gasteiger charge is 2.09. The number of carbonyl (C=O) groups is 1. The third-order valence-corrected chi connectivity index (χ3v) is 2.82. The third-order valence-electron chi connectivity index (χ3n) is 2.82. The van der Waals surface area contributed by atoms with E-state index in [1.54, 1.807) is 25.1 Å². The Hall–Kier alpha value is -2.56. The smallest absolute Gasteiger partial charge is 0.248 e. The molecule has 0 aromatic heterocycles. The van der Waals surface area contributed by atoms with Crippen molar-refractivity contribution in [3.8, 4) is 0 Å². The van der Waals surface area contributed by atoms with Gasteiger partial charge in [-0.3, -0.25) is 4.79 Å². The number of para-hydroxylation sites is 1. The fourth-order valence-corrected chi connectivity index (χ4v) is 1.74. The monoisotopic (exact) mass is 259 g/mol. The second kappa shape index (κ2) is 4.97. The van der Waals surface area contributed by atoms with Crippen molar-refractivity contribution in [1.29, 1.82) is 0 Å². The molecule has 1 amide bonds. The average molecular weight is 259 g/mol. The topological polar surface area (TPSA) is 81.1 Å². The number of carbonyl (C=O) groups excluding carboxylic acids is 1. The summed E-state index contributed by atoms with van der Waals surface area (Å²) in [5.74, 6) is -0.947. The van der Waals surface area contributed by atoms with Crippen LogP contribution in [-0.2, 0) is 0 Å². The number of aryl methyl sites for hydroxylation is 1. The highest BCUT2D eigenvalue weighted by atomic mass is 19.1. The minimum Gasteiger partial charge on any atom is -0.397 e. The number of halogens is 1. The third kappa shape index (κ3) is 2.65. The lowest BCUT2D eigenvalue weighted by atomic mass is 10.1. The summed E-state index contributed by atoms with van der Waals surface area (Å²) in [6.07, 6.45) is 0. The first-order chi connectivity index (χ1) is 8.99. The normalized spacial score (nSPS) is 10.2. The van der Waals surface area contributed by atoms with E-state index in [1.165, 1.54) is 18.2 Å². The van der Waals surface area contributed by atoms with Gasteiger partial charge in [0, 0.05) is 5.56 Å². The second-order valence-electron chi connectivity index (χ2n) is 4.22. The van der Waals surface area contributed by atoms with Crippen LogP contribution in [-0.4, -0.2) is 5.91 Å². The van der Waals surface area contributed by atoms with E-state index >= 15 is 0 Å². The summed E-state index contributed by atoms with van der Waals surface area (Å²) in [4.78, 5) is 11.1. The van der Waals surface area contributed by atoms with Crippen LogP contribution in [0.4, 0.5) is 21.5 Å². The van der Waals surface area contributed by atoms with E-state index < -0.39 is 5.91 Å². The van der Waals surface area contributed by atoms with Crippen molar-refractivity contribution in [3.63, 3.8) is 0 Å². The van der Waals surface area contributed by atoms with Crippen LogP contribution in [0.5, 0.6) is 0 Å². The summed E-state index contributed by atoms with van der Waals surface area (Å²) in [5.41, 5.74) is 13.2. The number of nitrogens with two attached hydrogens (primary N) is 2. The molecule has 0 bridgehead atoms. The summed E-state index contributed by atoms with van der Waals surface area (Å²) in [5, 5.41) is 2.90. The van der Waals surface area contributed by atoms with Crippen molar-refractivity contribution < 1.29 is 9.18 Å². The molecule has 0 aliphatic carbocycles. The number of benzene rings is 2. The molecule has 4 nitrogen and oxygen atoms in total. The van der Waals surface area contributed by atoms with Gasteiger partial charge in [0.05, 0.1) is 17.1 Å².